The smallest absolute Gasteiger partial charge is 0.340 e. The van der Waals surface area contributed by atoms with Crippen molar-refractivity contribution in [2.75, 3.05) is 41.3 Å². The predicted molar refractivity (Wildman–Crippen MR) is 207 cm³/mol. The van der Waals surface area contributed by atoms with E-state index >= 15 is 0 Å². The predicted octanol–water partition coefficient (Wildman–Crippen LogP) is 6.70. The summed E-state index contributed by atoms with van der Waals surface area (Å²) < 4.78 is 49.8. The summed E-state index contributed by atoms with van der Waals surface area (Å²) in [7, 11) is 7.98. The number of aromatic nitrogens is 4. The first-order valence-corrected chi connectivity index (χ1v) is 18.1. The average Bonchev–Trinajstić information content (AvgIpc) is 3.72. The molecule has 2 aromatic carbocycles. The second-order valence-corrected chi connectivity index (χ2v) is 15.0. The second kappa shape index (κ2) is 17.8. The maximum absolute atomic E-state index is 14.0. The summed E-state index contributed by atoms with van der Waals surface area (Å²) in [6.45, 7) is 9.61. The van der Waals surface area contributed by atoms with E-state index in [0.29, 0.717) is 30.4 Å². The molecule has 1 aliphatic rings. The van der Waals surface area contributed by atoms with Crippen LogP contribution in [0.5, 0.6) is 0 Å². The van der Waals surface area contributed by atoms with E-state index in [1.54, 1.807) is 48.4 Å². The van der Waals surface area contributed by atoms with Crippen LogP contribution in [0.4, 0.5) is 18.0 Å². The van der Waals surface area contributed by atoms with Crippen molar-refractivity contribution < 1.29 is 31.4 Å². The summed E-state index contributed by atoms with van der Waals surface area (Å²) >= 11 is 1.35. The summed E-state index contributed by atoms with van der Waals surface area (Å²) in [6, 6.07) is 12.8. The lowest BCUT2D eigenvalue weighted by Crippen LogP contribution is -2.55. The number of nitrogens with one attached hydrogen (secondary N) is 1. The van der Waals surface area contributed by atoms with E-state index in [1.807, 2.05) is 19.1 Å². The molecule has 0 aliphatic carbocycles. The zero-order chi connectivity index (χ0) is 40.7. The molecule has 4 aromatic rings. The van der Waals surface area contributed by atoms with Gasteiger partial charge in [0.05, 0.1) is 80.5 Å². The highest BCUT2D eigenvalue weighted by Crippen LogP contribution is 2.32. The number of rotatable bonds is 9. The topological polar surface area (TPSA) is 127 Å². The number of quaternary nitrogens is 1. The first kappa shape index (κ1) is 42.4. The largest absolute Gasteiger partial charge is 0.416 e. The van der Waals surface area contributed by atoms with E-state index in [0.717, 1.165) is 43.5 Å². The van der Waals surface area contributed by atoms with Crippen LogP contribution in [-0.2, 0) is 15.2 Å². The van der Waals surface area contributed by atoms with Crippen LogP contribution in [0.25, 0.3) is 22.8 Å². The normalized spacial score (nSPS) is 14.4. The van der Waals surface area contributed by atoms with Crippen LogP contribution in [0.3, 0.4) is 0 Å². The Kier molecular flexibility index (Phi) is 13.7. The summed E-state index contributed by atoms with van der Waals surface area (Å²) in [5.41, 5.74) is -0.547. The number of amides is 2. The Morgan fingerprint density at radius 3 is 2.33 bits per heavy atom. The van der Waals surface area contributed by atoms with Crippen LogP contribution in [0.2, 0.25) is 0 Å². The number of imidazole rings is 1. The average molecular weight is 780 g/mol. The van der Waals surface area contributed by atoms with Crippen LogP contribution in [0.15, 0.2) is 89.2 Å². The van der Waals surface area contributed by atoms with Crippen LogP contribution in [0, 0.1) is 18.3 Å². The molecule has 1 fully saturated rings. The minimum atomic E-state index is -4.67. The van der Waals surface area contributed by atoms with Crippen LogP contribution in [-0.4, -0.2) is 93.7 Å². The van der Waals surface area contributed by atoms with E-state index in [-0.39, 0.29) is 28.7 Å². The molecule has 1 aliphatic heterocycles. The van der Waals surface area contributed by atoms with Gasteiger partial charge >= 0.3 is 17.9 Å². The SMILES string of the molecule is C=C/C=C(\C)SOC.Cc1c(-c2ccnn2-c2ccc(C#N)cc2)n(C(=O)N[C@@H](C)C(=O)N2CCC([N+](C)(C)C)CC2)c(=O)n1-c1cccc(C(F)(F)F)c1. The highest BCUT2D eigenvalue weighted by molar-refractivity contribution is 7.98. The van der Waals surface area contributed by atoms with Gasteiger partial charge in [0.2, 0.25) is 5.91 Å². The lowest BCUT2D eigenvalue weighted by molar-refractivity contribution is -0.897. The molecule has 0 saturated carbocycles. The lowest BCUT2D eigenvalue weighted by Gasteiger charge is -2.40. The highest BCUT2D eigenvalue weighted by Gasteiger charge is 2.35. The summed E-state index contributed by atoms with van der Waals surface area (Å²) in [5.74, 6) is -0.301. The fourth-order valence-corrected chi connectivity index (χ4v) is 6.77. The van der Waals surface area contributed by atoms with E-state index in [9.17, 15) is 32.8 Å². The van der Waals surface area contributed by atoms with Gasteiger partial charge in [-0.15, -0.1) is 0 Å². The van der Waals surface area contributed by atoms with Gasteiger partial charge in [0.25, 0.3) is 0 Å². The molecule has 3 heterocycles. The van der Waals surface area contributed by atoms with Gasteiger partial charge in [-0.25, -0.2) is 18.8 Å². The molecule has 1 atom stereocenters. The third-order valence-electron chi connectivity index (χ3n) is 9.19. The Balaban J connectivity index is 0.000000757. The van der Waals surface area contributed by atoms with Gasteiger partial charge in [0.15, 0.2) is 0 Å². The molecule has 2 aromatic heterocycles. The molecular formula is C39H46F3N8O4S+. The molecule has 292 valence electrons. The Hall–Kier alpha value is -5.37. The van der Waals surface area contributed by atoms with Gasteiger partial charge in [0, 0.05) is 42.9 Å². The van der Waals surface area contributed by atoms with E-state index in [2.05, 4.69) is 38.1 Å². The maximum Gasteiger partial charge on any atom is 0.416 e. The first-order chi connectivity index (χ1) is 25.9. The van der Waals surface area contributed by atoms with Gasteiger partial charge in [0.1, 0.15) is 11.7 Å². The van der Waals surface area contributed by atoms with E-state index < -0.39 is 29.5 Å². The standard InChI is InChI=1S/C33H35F3N8O3.C6H10OS/c1-21(30(45)40-17-14-27(15-18-40)44(3,4)5)39-31(46)42-29(28-13-16-38-43(28)25-11-9-23(20-37)10-12-25)22(2)41(32(42)47)26-8-6-7-24(19-26)33(34,35)36;1-4-5-6(2)8-7-3/h6-13,16,19,21,27H,14-15,17-18H2,1-5H3;4-5H,1H2,2-3H3/p+1/b;6-5+/t21-;/m0./s1. The third kappa shape index (κ3) is 10.0. The van der Waals surface area contributed by atoms with Gasteiger partial charge in [-0.1, -0.05) is 24.8 Å². The Morgan fingerprint density at radius 2 is 1.76 bits per heavy atom. The fraction of sp³-hybridized carbons (Fsp3) is 0.359. The molecular weight excluding hydrogens is 734 g/mol. The summed E-state index contributed by atoms with van der Waals surface area (Å²) in [5, 5.41) is 16.2. The molecule has 0 spiro atoms. The van der Waals surface area contributed by atoms with Crippen molar-refractivity contribution in [1.82, 2.24) is 29.1 Å². The molecule has 55 heavy (non-hydrogen) atoms. The molecule has 0 radical (unpaired) electrons. The van der Waals surface area contributed by atoms with Gasteiger partial charge < -0.3 is 18.9 Å². The monoisotopic (exact) mass is 779 g/mol. The van der Waals surface area contributed by atoms with Crippen molar-refractivity contribution in [3.05, 3.63) is 112 Å². The molecule has 0 unspecified atom stereocenters. The number of nitriles is 1. The number of piperidine rings is 1. The number of likely N-dealkylation sites (tertiary alicyclic amines) is 1. The number of allylic oxidation sites excluding steroid dienone is 3. The molecule has 16 heteroatoms. The number of alkyl halides is 3. The molecule has 12 nitrogen and oxygen atoms in total. The fourth-order valence-electron chi connectivity index (χ4n) is 6.36. The number of carbonyl (C=O) groups is 2. The van der Waals surface area contributed by atoms with Crippen LogP contribution >= 0.6 is 12.0 Å². The zero-order valence-corrected chi connectivity index (χ0v) is 32.7. The van der Waals surface area contributed by atoms with E-state index in [1.165, 1.54) is 48.9 Å². The Labute approximate surface area is 322 Å². The Bertz CT molecular complexity index is 2130. The van der Waals surface area contributed by atoms with Crippen molar-refractivity contribution in [2.24, 2.45) is 0 Å². The molecule has 0 bridgehead atoms. The van der Waals surface area contributed by atoms with Crippen molar-refractivity contribution in [1.29, 1.82) is 5.26 Å². The molecule has 1 N–H and O–H groups in total. The van der Waals surface area contributed by atoms with Gasteiger partial charge in [-0.05, 0) is 69.3 Å². The van der Waals surface area contributed by atoms with Crippen LogP contribution in [0.1, 0.15) is 43.5 Å². The first-order valence-electron chi connectivity index (χ1n) is 17.4. The van der Waals surface area contributed by atoms with Crippen molar-refractivity contribution in [3.8, 4) is 28.8 Å². The van der Waals surface area contributed by atoms with Gasteiger partial charge in [-0.2, -0.15) is 23.5 Å². The van der Waals surface area contributed by atoms with Crippen molar-refractivity contribution >= 4 is 24.0 Å². The summed E-state index contributed by atoms with van der Waals surface area (Å²) in [6.07, 6.45) is 2.03. The second-order valence-electron chi connectivity index (χ2n) is 13.8. The highest BCUT2D eigenvalue weighted by atomic mass is 32.2. The molecule has 1 saturated heterocycles. The number of nitrogens with zero attached hydrogens (tertiary/aromatic N) is 7. The minimum absolute atomic E-state index is 0.0650. The number of halogens is 3. The Morgan fingerprint density at radius 1 is 1.11 bits per heavy atom. The number of hydrogen-bond acceptors (Lipinski definition) is 7. The zero-order valence-electron chi connectivity index (χ0n) is 31.9. The number of benzene rings is 2. The maximum atomic E-state index is 14.0. The number of carbonyl (C=O) groups excluding carboxylic acids is 2. The van der Waals surface area contributed by atoms with Crippen molar-refractivity contribution in [3.63, 3.8) is 0 Å². The number of hydrogen-bond donors (Lipinski definition) is 1. The van der Waals surface area contributed by atoms with Crippen LogP contribution < -0.4 is 11.0 Å². The lowest BCUT2D eigenvalue weighted by atomic mass is 10.0. The van der Waals surface area contributed by atoms with E-state index in [4.69, 9.17) is 4.18 Å². The van der Waals surface area contributed by atoms with Gasteiger partial charge in [-0.3, -0.25) is 9.36 Å². The minimum Gasteiger partial charge on any atom is -0.340 e. The molecule has 2 amide bonds. The van der Waals surface area contributed by atoms with Crippen molar-refractivity contribution in [2.45, 2.75) is 51.9 Å². The molecule has 5 rings (SSSR count). The summed E-state index contributed by atoms with van der Waals surface area (Å²) in [4.78, 5) is 44.2. The quantitative estimate of drug-likeness (QED) is 0.114. The third-order valence-corrected chi connectivity index (χ3v) is 9.76.